The molecule has 0 bridgehead atoms. The molecule has 0 saturated heterocycles. The second-order valence-electron chi connectivity index (χ2n) is 5.45. The average molecular weight is 392 g/mol. The SMILES string of the molecule is CC(=S)N(O)C(C)C#Cc1cccc(NS(=O)(=O)c2ccc(F)cc2)c1. The highest BCUT2D eigenvalue weighted by Gasteiger charge is 2.14. The Labute approximate surface area is 157 Å². The number of rotatable bonds is 4. The zero-order chi connectivity index (χ0) is 19.3. The normalized spacial score (nSPS) is 11.8. The minimum absolute atomic E-state index is 0.0450. The van der Waals surface area contributed by atoms with Gasteiger partial charge in [-0.2, -0.15) is 0 Å². The fourth-order valence-electron chi connectivity index (χ4n) is 2.01. The van der Waals surface area contributed by atoms with Crippen molar-refractivity contribution in [2.75, 3.05) is 4.72 Å². The van der Waals surface area contributed by atoms with Gasteiger partial charge < -0.3 is 0 Å². The molecule has 0 aliphatic carbocycles. The van der Waals surface area contributed by atoms with Crippen LogP contribution in [0.4, 0.5) is 10.1 Å². The van der Waals surface area contributed by atoms with E-state index in [9.17, 15) is 18.0 Å². The number of anilines is 1. The fourth-order valence-corrected chi connectivity index (χ4v) is 3.22. The highest BCUT2D eigenvalue weighted by Crippen LogP contribution is 2.17. The summed E-state index contributed by atoms with van der Waals surface area (Å²) < 4.78 is 40.0. The smallest absolute Gasteiger partial charge is 0.261 e. The Hall–Kier alpha value is -2.47. The predicted molar refractivity (Wildman–Crippen MR) is 102 cm³/mol. The topological polar surface area (TPSA) is 69.6 Å². The molecule has 136 valence electrons. The second kappa shape index (κ2) is 8.27. The van der Waals surface area contributed by atoms with Gasteiger partial charge in [-0.1, -0.05) is 30.1 Å². The first-order chi connectivity index (χ1) is 12.2. The zero-order valence-corrected chi connectivity index (χ0v) is 15.7. The van der Waals surface area contributed by atoms with E-state index in [1.54, 1.807) is 38.1 Å². The quantitative estimate of drug-likeness (QED) is 0.474. The maximum absolute atomic E-state index is 13.0. The molecule has 5 nitrogen and oxygen atoms in total. The van der Waals surface area contributed by atoms with Crippen LogP contribution in [0, 0.1) is 17.7 Å². The van der Waals surface area contributed by atoms with Gasteiger partial charge in [0.05, 0.1) is 10.6 Å². The fraction of sp³-hybridized carbons (Fsp3) is 0.167. The van der Waals surface area contributed by atoms with E-state index in [-0.39, 0.29) is 4.90 Å². The molecule has 0 heterocycles. The third-order valence-electron chi connectivity index (χ3n) is 3.35. The lowest BCUT2D eigenvalue weighted by molar-refractivity contribution is -0.0279. The number of hydrogen-bond donors (Lipinski definition) is 2. The minimum Gasteiger partial charge on any atom is -0.287 e. The van der Waals surface area contributed by atoms with Gasteiger partial charge in [-0.15, -0.1) is 0 Å². The molecule has 0 aliphatic rings. The van der Waals surface area contributed by atoms with E-state index in [2.05, 4.69) is 16.6 Å². The lowest BCUT2D eigenvalue weighted by Gasteiger charge is -2.17. The maximum Gasteiger partial charge on any atom is 0.261 e. The summed E-state index contributed by atoms with van der Waals surface area (Å²) in [4.78, 5) is 0.254. The van der Waals surface area contributed by atoms with Crippen LogP contribution in [0.3, 0.4) is 0 Å². The van der Waals surface area contributed by atoms with E-state index in [4.69, 9.17) is 12.2 Å². The van der Waals surface area contributed by atoms with Crippen LogP contribution in [-0.2, 0) is 10.0 Å². The summed E-state index contributed by atoms with van der Waals surface area (Å²) in [5.74, 6) is 5.17. The number of halogens is 1. The molecule has 0 saturated carbocycles. The molecular weight excluding hydrogens is 375 g/mol. The van der Waals surface area contributed by atoms with Gasteiger partial charge in [0.1, 0.15) is 16.8 Å². The van der Waals surface area contributed by atoms with Crippen LogP contribution in [0.25, 0.3) is 0 Å². The van der Waals surface area contributed by atoms with Crippen molar-refractivity contribution in [2.24, 2.45) is 0 Å². The Balaban J connectivity index is 2.19. The van der Waals surface area contributed by atoms with E-state index in [0.717, 1.165) is 17.2 Å². The summed E-state index contributed by atoms with van der Waals surface area (Å²) in [5, 5.41) is 10.6. The zero-order valence-electron chi connectivity index (χ0n) is 14.1. The highest BCUT2D eigenvalue weighted by molar-refractivity contribution is 7.92. The van der Waals surface area contributed by atoms with Crippen molar-refractivity contribution in [3.05, 3.63) is 59.9 Å². The van der Waals surface area contributed by atoms with Crippen LogP contribution in [-0.4, -0.2) is 29.7 Å². The van der Waals surface area contributed by atoms with Gasteiger partial charge in [0.15, 0.2) is 0 Å². The maximum atomic E-state index is 13.0. The largest absolute Gasteiger partial charge is 0.287 e. The van der Waals surface area contributed by atoms with Gasteiger partial charge in [0.25, 0.3) is 10.0 Å². The molecule has 2 rings (SSSR count). The molecule has 2 aromatic carbocycles. The molecular formula is C18H17FN2O3S2. The summed E-state index contributed by atoms with van der Waals surface area (Å²) in [7, 11) is -3.83. The van der Waals surface area contributed by atoms with Crippen LogP contribution < -0.4 is 4.72 Å². The van der Waals surface area contributed by atoms with Crippen LogP contribution in [0.15, 0.2) is 53.4 Å². The Kier molecular flexibility index (Phi) is 6.32. The predicted octanol–water partition coefficient (Wildman–Crippen LogP) is 3.41. The summed E-state index contributed by atoms with van der Waals surface area (Å²) in [6, 6.07) is 10.5. The van der Waals surface area contributed by atoms with E-state index >= 15 is 0 Å². The first-order valence-electron chi connectivity index (χ1n) is 7.58. The molecule has 0 aliphatic heterocycles. The van der Waals surface area contributed by atoms with Crippen molar-refractivity contribution in [3.8, 4) is 11.8 Å². The molecule has 0 radical (unpaired) electrons. The van der Waals surface area contributed by atoms with Gasteiger partial charge in [-0.25, -0.2) is 17.9 Å². The lowest BCUT2D eigenvalue weighted by atomic mass is 10.2. The van der Waals surface area contributed by atoms with Crippen molar-refractivity contribution >= 4 is 32.9 Å². The molecule has 0 amide bonds. The highest BCUT2D eigenvalue weighted by atomic mass is 32.2. The lowest BCUT2D eigenvalue weighted by Crippen LogP contribution is -2.31. The summed E-state index contributed by atoms with van der Waals surface area (Å²) in [6.07, 6.45) is 0. The Morgan fingerprint density at radius 2 is 1.92 bits per heavy atom. The summed E-state index contributed by atoms with van der Waals surface area (Å²) >= 11 is 4.87. The minimum atomic E-state index is -3.83. The molecule has 1 atom stereocenters. The summed E-state index contributed by atoms with van der Waals surface area (Å²) in [6.45, 7) is 3.27. The molecule has 26 heavy (non-hydrogen) atoms. The van der Waals surface area contributed by atoms with Crippen LogP contribution in [0.1, 0.15) is 19.4 Å². The average Bonchev–Trinajstić information content (AvgIpc) is 2.59. The molecule has 0 fully saturated rings. The van der Waals surface area contributed by atoms with Crippen molar-refractivity contribution in [1.82, 2.24) is 5.06 Å². The molecule has 0 aromatic heterocycles. The Morgan fingerprint density at radius 1 is 1.27 bits per heavy atom. The molecule has 2 aromatic rings. The van der Waals surface area contributed by atoms with Crippen LogP contribution in [0.5, 0.6) is 0 Å². The van der Waals surface area contributed by atoms with Gasteiger partial charge >= 0.3 is 0 Å². The molecule has 2 N–H and O–H groups in total. The molecule has 1 unspecified atom stereocenters. The van der Waals surface area contributed by atoms with Crippen molar-refractivity contribution < 1.29 is 18.0 Å². The number of benzene rings is 2. The molecule has 0 spiro atoms. The van der Waals surface area contributed by atoms with Gasteiger partial charge in [-0.05, 0) is 56.3 Å². The van der Waals surface area contributed by atoms with Crippen LogP contribution >= 0.6 is 12.2 Å². The molecule has 8 heteroatoms. The number of nitrogens with zero attached hydrogens (tertiary/aromatic N) is 1. The van der Waals surface area contributed by atoms with Gasteiger partial charge in [0.2, 0.25) is 0 Å². The third kappa shape index (κ3) is 5.26. The van der Waals surface area contributed by atoms with Crippen LogP contribution in [0.2, 0.25) is 0 Å². The third-order valence-corrected chi connectivity index (χ3v) is 4.94. The van der Waals surface area contributed by atoms with E-state index < -0.39 is 21.9 Å². The van der Waals surface area contributed by atoms with E-state index in [1.165, 1.54) is 12.1 Å². The monoisotopic (exact) mass is 392 g/mol. The number of hydroxylamine groups is 2. The first-order valence-corrected chi connectivity index (χ1v) is 9.47. The first kappa shape index (κ1) is 19.8. The van der Waals surface area contributed by atoms with Crippen molar-refractivity contribution in [3.63, 3.8) is 0 Å². The standard InChI is InChI=1S/C18H17FN2O3S2/c1-13(21(22)14(2)25)6-7-15-4-3-5-17(12-15)20-26(23,24)18-10-8-16(19)9-11-18/h3-5,8-13,20,22H,1-2H3. The van der Waals surface area contributed by atoms with Crippen molar-refractivity contribution in [2.45, 2.75) is 24.8 Å². The number of hydrogen-bond acceptors (Lipinski definition) is 4. The van der Waals surface area contributed by atoms with Gasteiger partial charge in [0, 0.05) is 5.56 Å². The Bertz CT molecular complexity index is 964. The second-order valence-corrected chi connectivity index (χ2v) is 7.72. The van der Waals surface area contributed by atoms with E-state index in [1.807, 2.05) is 0 Å². The number of sulfonamides is 1. The van der Waals surface area contributed by atoms with Crippen molar-refractivity contribution in [1.29, 1.82) is 0 Å². The Morgan fingerprint density at radius 3 is 2.54 bits per heavy atom. The van der Waals surface area contributed by atoms with E-state index in [0.29, 0.717) is 16.2 Å². The number of nitrogens with one attached hydrogen (secondary N) is 1. The summed E-state index contributed by atoms with van der Waals surface area (Å²) in [5.41, 5.74) is 0.882. The van der Waals surface area contributed by atoms with Gasteiger partial charge in [-0.3, -0.25) is 9.93 Å². The number of thiocarbonyl (C=S) groups is 1.